The number of ether oxygens (including phenoxy) is 1. The van der Waals surface area contributed by atoms with E-state index in [1.165, 1.54) is 17.0 Å². The molecule has 1 aliphatic heterocycles. The van der Waals surface area contributed by atoms with E-state index in [0.717, 1.165) is 6.26 Å². The fraction of sp³-hybridized carbons (Fsp3) is 0.500. The fourth-order valence-corrected chi connectivity index (χ4v) is 3.63. The standard InChI is InChI=1S/C16H21NO5S/c1-3-22-16(19)12-7-6-10-17(11-12)15(18)13-8-4-5-9-14(13)23(2,20)21/h4-5,8-9,12H,3,6-7,10-11H2,1-2H3/t12-/m1/s1. The van der Waals surface area contributed by atoms with E-state index < -0.39 is 9.84 Å². The van der Waals surface area contributed by atoms with Crippen molar-refractivity contribution < 1.29 is 22.7 Å². The molecule has 1 fully saturated rings. The van der Waals surface area contributed by atoms with E-state index in [0.29, 0.717) is 26.0 Å². The Morgan fingerprint density at radius 3 is 2.65 bits per heavy atom. The van der Waals surface area contributed by atoms with Crippen LogP contribution >= 0.6 is 0 Å². The zero-order chi connectivity index (χ0) is 17.0. The van der Waals surface area contributed by atoms with E-state index in [2.05, 4.69) is 0 Å². The molecule has 0 aromatic heterocycles. The molecule has 1 aromatic rings. The van der Waals surface area contributed by atoms with Crippen LogP contribution in [0.25, 0.3) is 0 Å². The van der Waals surface area contributed by atoms with Crippen LogP contribution in [0, 0.1) is 5.92 Å². The van der Waals surface area contributed by atoms with Gasteiger partial charge in [-0.25, -0.2) is 8.42 Å². The van der Waals surface area contributed by atoms with Crippen LogP contribution in [0.2, 0.25) is 0 Å². The Labute approximate surface area is 136 Å². The van der Waals surface area contributed by atoms with E-state index >= 15 is 0 Å². The lowest BCUT2D eigenvalue weighted by atomic mass is 9.97. The van der Waals surface area contributed by atoms with Gasteiger partial charge in [-0.05, 0) is 31.9 Å². The van der Waals surface area contributed by atoms with Crippen molar-refractivity contribution in [1.82, 2.24) is 4.90 Å². The summed E-state index contributed by atoms with van der Waals surface area (Å²) in [4.78, 5) is 26.1. The number of benzene rings is 1. The number of amides is 1. The van der Waals surface area contributed by atoms with E-state index in [1.807, 2.05) is 0 Å². The Bertz CT molecular complexity index is 698. The van der Waals surface area contributed by atoms with Crippen LogP contribution in [-0.2, 0) is 19.4 Å². The molecule has 126 valence electrons. The predicted octanol–water partition coefficient (Wildman–Crippen LogP) is 1.51. The molecule has 0 bridgehead atoms. The highest BCUT2D eigenvalue weighted by Crippen LogP contribution is 2.23. The first-order chi connectivity index (χ1) is 10.8. The molecule has 0 N–H and O–H groups in total. The summed E-state index contributed by atoms with van der Waals surface area (Å²) in [6.45, 7) is 2.81. The van der Waals surface area contributed by atoms with Gasteiger partial charge in [-0.15, -0.1) is 0 Å². The molecule has 0 radical (unpaired) electrons. The van der Waals surface area contributed by atoms with Gasteiger partial charge in [0, 0.05) is 19.3 Å². The number of carbonyl (C=O) groups is 2. The lowest BCUT2D eigenvalue weighted by molar-refractivity contribution is -0.149. The highest BCUT2D eigenvalue weighted by atomic mass is 32.2. The molecule has 1 aromatic carbocycles. The third kappa shape index (κ3) is 4.10. The monoisotopic (exact) mass is 339 g/mol. The van der Waals surface area contributed by atoms with E-state index in [1.54, 1.807) is 19.1 Å². The van der Waals surface area contributed by atoms with Crippen LogP contribution < -0.4 is 0 Å². The maximum absolute atomic E-state index is 12.7. The lowest BCUT2D eigenvalue weighted by Gasteiger charge is -2.32. The van der Waals surface area contributed by atoms with Gasteiger partial charge in [0.05, 0.1) is 23.0 Å². The first-order valence-corrected chi connectivity index (χ1v) is 9.48. The average Bonchev–Trinajstić information content (AvgIpc) is 2.54. The molecule has 7 heteroatoms. The van der Waals surface area contributed by atoms with Gasteiger partial charge in [0.1, 0.15) is 0 Å². The quantitative estimate of drug-likeness (QED) is 0.777. The number of carbonyl (C=O) groups excluding carboxylic acids is 2. The largest absolute Gasteiger partial charge is 0.466 e. The minimum atomic E-state index is -3.49. The van der Waals surface area contributed by atoms with Crippen molar-refractivity contribution in [2.24, 2.45) is 5.92 Å². The number of hydrogen-bond acceptors (Lipinski definition) is 5. The third-order valence-corrected chi connectivity index (χ3v) is 5.00. The second-order valence-electron chi connectivity index (χ2n) is 5.61. The molecule has 1 atom stereocenters. The Hall–Kier alpha value is -1.89. The highest BCUT2D eigenvalue weighted by molar-refractivity contribution is 7.90. The third-order valence-electron chi connectivity index (χ3n) is 3.85. The molecule has 1 aliphatic rings. The summed E-state index contributed by atoms with van der Waals surface area (Å²) in [6.07, 6.45) is 2.45. The van der Waals surface area contributed by atoms with Gasteiger partial charge >= 0.3 is 5.97 Å². The van der Waals surface area contributed by atoms with E-state index in [4.69, 9.17) is 4.74 Å². The molecular formula is C16H21NO5S. The second-order valence-corrected chi connectivity index (χ2v) is 7.59. The van der Waals surface area contributed by atoms with Gasteiger partial charge < -0.3 is 9.64 Å². The number of esters is 1. The normalized spacial score (nSPS) is 18.5. The average molecular weight is 339 g/mol. The molecule has 0 spiro atoms. The van der Waals surface area contributed by atoms with Crippen molar-refractivity contribution in [2.75, 3.05) is 26.0 Å². The zero-order valence-electron chi connectivity index (χ0n) is 13.3. The van der Waals surface area contributed by atoms with Crippen molar-refractivity contribution in [3.63, 3.8) is 0 Å². The van der Waals surface area contributed by atoms with Crippen molar-refractivity contribution in [2.45, 2.75) is 24.7 Å². The number of likely N-dealkylation sites (tertiary alicyclic amines) is 1. The van der Waals surface area contributed by atoms with Crippen molar-refractivity contribution in [3.8, 4) is 0 Å². The van der Waals surface area contributed by atoms with Gasteiger partial charge in [-0.2, -0.15) is 0 Å². The number of rotatable bonds is 4. The fourth-order valence-electron chi connectivity index (χ4n) is 2.75. The molecule has 0 unspecified atom stereocenters. The zero-order valence-corrected chi connectivity index (χ0v) is 14.1. The van der Waals surface area contributed by atoms with Crippen molar-refractivity contribution in [1.29, 1.82) is 0 Å². The molecular weight excluding hydrogens is 318 g/mol. The minimum absolute atomic E-state index is 0.0169. The number of nitrogens with zero attached hydrogens (tertiary/aromatic N) is 1. The first-order valence-electron chi connectivity index (χ1n) is 7.59. The van der Waals surface area contributed by atoms with Gasteiger partial charge in [-0.1, -0.05) is 12.1 Å². The van der Waals surface area contributed by atoms with Crippen molar-refractivity contribution >= 4 is 21.7 Å². The molecule has 0 aliphatic carbocycles. The van der Waals surface area contributed by atoms with Crippen molar-refractivity contribution in [3.05, 3.63) is 29.8 Å². The minimum Gasteiger partial charge on any atom is -0.466 e. The summed E-state index contributed by atoms with van der Waals surface area (Å²) in [5, 5.41) is 0. The topological polar surface area (TPSA) is 80.8 Å². The summed E-state index contributed by atoms with van der Waals surface area (Å²) in [5.74, 6) is -1.01. The van der Waals surface area contributed by atoms with Gasteiger partial charge in [-0.3, -0.25) is 9.59 Å². The Kier molecular flexibility index (Phi) is 5.41. The second kappa shape index (κ2) is 7.12. The van der Waals surface area contributed by atoms with Gasteiger partial charge in [0.2, 0.25) is 0 Å². The molecule has 1 amide bonds. The van der Waals surface area contributed by atoms with Crippen LogP contribution in [-0.4, -0.2) is 51.1 Å². The van der Waals surface area contributed by atoms with Gasteiger partial charge in [0.15, 0.2) is 9.84 Å². The van der Waals surface area contributed by atoms with Crippen LogP contribution in [0.1, 0.15) is 30.1 Å². The summed E-state index contributed by atoms with van der Waals surface area (Å²) in [6, 6.07) is 6.15. The smallest absolute Gasteiger partial charge is 0.310 e. The number of hydrogen-bond donors (Lipinski definition) is 0. The molecule has 1 heterocycles. The molecule has 2 rings (SSSR count). The molecule has 0 saturated carbocycles. The molecule has 1 saturated heterocycles. The van der Waals surface area contributed by atoms with Crippen LogP contribution in [0.5, 0.6) is 0 Å². The maximum Gasteiger partial charge on any atom is 0.310 e. The molecule has 6 nitrogen and oxygen atoms in total. The predicted molar refractivity (Wildman–Crippen MR) is 84.8 cm³/mol. The van der Waals surface area contributed by atoms with E-state index in [-0.39, 0.29) is 34.8 Å². The van der Waals surface area contributed by atoms with Crippen LogP contribution in [0.15, 0.2) is 29.2 Å². The Balaban J connectivity index is 2.23. The Morgan fingerprint density at radius 2 is 2.00 bits per heavy atom. The Morgan fingerprint density at radius 1 is 1.30 bits per heavy atom. The number of piperidine rings is 1. The summed E-state index contributed by atoms with van der Waals surface area (Å²) in [7, 11) is -3.49. The summed E-state index contributed by atoms with van der Waals surface area (Å²) >= 11 is 0. The van der Waals surface area contributed by atoms with E-state index in [9.17, 15) is 18.0 Å². The first kappa shape index (κ1) is 17.5. The van der Waals surface area contributed by atoms with Crippen LogP contribution in [0.3, 0.4) is 0 Å². The summed E-state index contributed by atoms with van der Waals surface area (Å²) in [5.41, 5.74) is 0.152. The SMILES string of the molecule is CCOC(=O)[C@@H]1CCCN(C(=O)c2ccccc2S(C)(=O)=O)C1. The molecule has 23 heavy (non-hydrogen) atoms. The highest BCUT2D eigenvalue weighted by Gasteiger charge is 2.31. The maximum atomic E-state index is 12.7. The summed E-state index contributed by atoms with van der Waals surface area (Å²) < 4.78 is 28.7. The number of sulfone groups is 1. The lowest BCUT2D eigenvalue weighted by Crippen LogP contribution is -2.43. The van der Waals surface area contributed by atoms with Crippen LogP contribution in [0.4, 0.5) is 0 Å². The van der Waals surface area contributed by atoms with Gasteiger partial charge in [0.25, 0.3) is 5.91 Å².